The van der Waals surface area contributed by atoms with Crippen LogP contribution in [0, 0.1) is 5.82 Å². The standard InChI is InChI=1S/C14H22FN3S.HI/c1-3-16-14(17-4-2)18-9-10-19-11-12-7-5-6-8-13(12)15;/h5-8H,3-4,9-11H2,1-2H3,(H2,16,17,18);1H. The Labute approximate surface area is 142 Å². The van der Waals surface area contributed by atoms with Gasteiger partial charge in [0.25, 0.3) is 0 Å². The quantitative estimate of drug-likeness (QED) is 0.313. The smallest absolute Gasteiger partial charge is 0.191 e. The Morgan fingerprint density at radius 2 is 1.85 bits per heavy atom. The molecule has 0 aliphatic heterocycles. The third-order valence-corrected chi connectivity index (χ3v) is 3.40. The number of nitrogens with one attached hydrogen (secondary N) is 2. The first-order valence-corrected chi connectivity index (χ1v) is 7.76. The molecule has 0 fully saturated rings. The summed E-state index contributed by atoms with van der Waals surface area (Å²) in [6, 6.07) is 6.91. The molecule has 20 heavy (non-hydrogen) atoms. The molecule has 1 aromatic rings. The Bertz CT molecular complexity index is 394. The molecule has 0 spiro atoms. The SMILES string of the molecule is CCNC(=NCCSCc1ccccc1F)NCC.I. The molecule has 2 N–H and O–H groups in total. The highest BCUT2D eigenvalue weighted by molar-refractivity contribution is 14.0. The molecule has 1 rings (SSSR count). The maximum Gasteiger partial charge on any atom is 0.191 e. The summed E-state index contributed by atoms with van der Waals surface area (Å²) in [5, 5.41) is 6.34. The van der Waals surface area contributed by atoms with E-state index in [-0.39, 0.29) is 29.8 Å². The van der Waals surface area contributed by atoms with Crippen molar-refractivity contribution >= 4 is 41.7 Å². The van der Waals surface area contributed by atoms with Crippen LogP contribution in [0.1, 0.15) is 19.4 Å². The molecule has 0 radical (unpaired) electrons. The normalized spacial score (nSPS) is 9.55. The van der Waals surface area contributed by atoms with E-state index < -0.39 is 0 Å². The summed E-state index contributed by atoms with van der Waals surface area (Å²) < 4.78 is 13.4. The molecule has 0 aliphatic carbocycles. The number of thioether (sulfide) groups is 1. The third-order valence-electron chi connectivity index (χ3n) is 2.41. The summed E-state index contributed by atoms with van der Waals surface area (Å²) >= 11 is 1.70. The largest absolute Gasteiger partial charge is 0.357 e. The summed E-state index contributed by atoms with van der Waals surface area (Å²) in [4.78, 5) is 4.44. The van der Waals surface area contributed by atoms with Crippen molar-refractivity contribution in [1.82, 2.24) is 10.6 Å². The molecule has 0 unspecified atom stereocenters. The van der Waals surface area contributed by atoms with E-state index in [0.29, 0.717) is 5.75 Å². The molecule has 0 bridgehead atoms. The lowest BCUT2D eigenvalue weighted by atomic mass is 10.2. The van der Waals surface area contributed by atoms with Crippen molar-refractivity contribution in [3.8, 4) is 0 Å². The number of hydrogen-bond donors (Lipinski definition) is 2. The minimum absolute atomic E-state index is 0. The van der Waals surface area contributed by atoms with Crippen molar-refractivity contribution < 1.29 is 4.39 Å². The molecule has 0 atom stereocenters. The fourth-order valence-corrected chi connectivity index (χ4v) is 2.35. The number of rotatable bonds is 7. The van der Waals surface area contributed by atoms with Gasteiger partial charge >= 0.3 is 0 Å². The second-order valence-electron chi connectivity index (χ2n) is 3.93. The van der Waals surface area contributed by atoms with Crippen LogP contribution < -0.4 is 10.6 Å². The summed E-state index contributed by atoms with van der Waals surface area (Å²) in [6.45, 7) is 6.52. The summed E-state index contributed by atoms with van der Waals surface area (Å²) in [5.74, 6) is 2.30. The molecule has 1 aromatic carbocycles. The topological polar surface area (TPSA) is 36.4 Å². The molecule has 0 saturated carbocycles. The van der Waals surface area contributed by atoms with Gasteiger partial charge in [-0.2, -0.15) is 11.8 Å². The zero-order chi connectivity index (χ0) is 13.9. The number of guanidine groups is 1. The molecule has 0 heterocycles. The average Bonchev–Trinajstić information content (AvgIpc) is 2.41. The number of benzene rings is 1. The highest BCUT2D eigenvalue weighted by Crippen LogP contribution is 2.14. The number of aliphatic imine (C=N–C) groups is 1. The van der Waals surface area contributed by atoms with Gasteiger partial charge in [-0.05, 0) is 25.5 Å². The molecular formula is C14H23FIN3S. The van der Waals surface area contributed by atoms with Gasteiger partial charge in [-0.25, -0.2) is 4.39 Å². The van der Waals surface area contributed by atoms with Gasteiger partial charge in [0.05, 0.1) is 6.54 Å². The first-order chi connectivity index (χ1) is 9.27. The van der Waals surface area contributed by atoms with Crippen LogP contribution in [0.5, 0.6) is 0 Å². The van der Waals surface area contributed by atoms with Crippen LogP contribution in [0.4, 0.5) is 4.39 Å². The zero-order valence-electron chi connectivity index (χ0n) is 12.0. The minimum Gasteiger partial charge on any atom is -0.357 e. The van der Waals surface area contributed by atoms with Crippen LogP contribution in [0.25, 0.3) is 0 Å². The Kier molecular flexibility index (Phi) is 12.0. The third kappa shape index (κ3) is 7.94. The fourth-order valence-electron chi connectivity index (χ4n) is 1.53. The van der Waals surface area contributed by atoms with Crippen molar-refractivity contribution in [3.05, 3.63) is 35.6 Å². The second kappa shape index (κ2) is 12.3. The van der Waals surface area contributed by atoms with Crippen molar-refractivity contribution in [2.75, 3.05) is 25.4 Å². The van der Waals surface area contributed by atoms with E-state index in [1.54, 1.807) is 17.8 Å². The average molecular weight is 411 g/mol. The Hall–Kier alpha value is -0.500. The van der Waals surface area contributed by atoms with Gasteiger partial charge in [0.15, 0.2) is 5.96 Å². The van der Waals surface area contributed by atoms with Gasteiger partial charge < -0.3 is 10.6 Å². The van der Waals surface area contributed by atoms with Crippen LogP contribution in [0.2, 0.25) is 0 Å². The van der Waals surface area contributed by atoms with Gasteiger partial charge in [-0.1, -0.05) is 18.2 Å². The van der Waals surface area contributed by atoms with Crippen molar-refractivity contribution in [1.29, 1.82) is 0 Å². The molecule has 114 valence electrons. The molecule has 0 saturated heterocycles. The van der Waals surface area contributed by atoms with Crippen LogP contribution in [0.3, 0.4) is 0 Å². The van der Waals surface area contributed by atoms with Gasteiger partial charge in [0, 0.05) is 24.6 Å². The predicted octanol–water partition coefficient (Wildman–Crippen LogP) is 3.25. The van der Waals surface area contributed by atoms with E-state index in [1.165, 1.54) is 6.07 Å². The van der Waals surface area contributed by atoms with E-state index in [1.807, 2.05) is 26.0 Å². The van der Waals surface area contributed by atoms with Crippen LogP contribution in [-0.4, -0.2) is 31.3 Å². The van der Waals surface area contributed by atoms with Gasteiger partial charge in [0.2, 0.25) is 0 Å². The lowest BCUT2D eigenvalue weighted by molar-refractivity contribution is 0.617. The zero-order valence-corrected chi connectivity index (χ0v) is 15.1. The molecule has 0 aromatic heterocycles. The lowest BCUT2D eigenvalue weighted by Crippen LogP contribution is -2.37. The molecular weight excluding hydrogens is 388 g/mol. The second-order valence-corrected chi connectivity index (χ2v) is 5.04. The molecule has 6 heteroatoms. The molecule has 3 nitrogen and oxygen atoms in total. The first-order valence-electron chi connectivity index (χ1n) is 6.61. The Morgan fingerprint density at radius 3 is 2.45 bits per heavy atom. The van der Waals surface area contributed by atoms with E-state index in [4.69, 9.17) is 0 Å². The van der Waals surface area contributed by atoms with Gasteiger partial charge in [-0.3, -0.25) is 4.99 Å². The van der Waals surface area contributed by atoms with Crippen molar-refractivity contribution in [2.45, 2.75) is 19.6 Å². The van der Waals surface area contributed by atoms with Crippen LogP contribution >= 0.6 is 35.7 Å². The van der Waals surface area contributed by atoms with E-state index >= 15 is 0 Å². The summed E-state index contributed by atoms with van der Waals surface area (Å²) in [7, 11) is 0. The maximum atomic E-state index is 13.4. The van der Waals surface area contributed by atoms with Crippen molar-refractivity contribution in [3.63, 3.8) is 0 Å². The lowest BCUT2D eigenvalue weighted by Gasteiger charge is -2.08. The summed E-state index contributed by atoms with van der Waals surface area (Å²) in [5.41, 5.74) is 0.759. The van der Waals surface area contributed by atoms with E-state index in [2.05, 4.69) is 15.6 Å². The van der Waals surface area contributed by atoms with Gasteiger partial charge in [0.1, 0.15) is 5.82 Å². The number of halogens is 2. The highest BCUT2D eigenvalue weighted by atomic mass is 127. The maximum absolute atomic E-state index is 13.4. The van der Waals surface area contributed by atoms with Crippen molar-refractivity contribution in [2.24, 2.45) is 4.99 Å². The fraction of sp³-hybridized carbons (Fsp3) is 0.500. The highest BCUT2D eigenvalue weighted by Gasteiger charge is 2.00. The summed E-state index contributed by atoms with van der Waals surface area (Å²) in [6.07, 6.45) is 0. The van der Waals surface area contributed by atoms with Gasteiger partial charge in [-0.15, -0.1) is 24.0 Å². The first kappa shape index (κ1) is 19.5. The van der Waals surface area contributed by atoms with Crippen LogP contribution in [0.15, 0.2) is 29.3 Å². The monoisotopic (exact) mass is 411 g/mol. The Morgan fingerprint density at radius 1 is 1.20 bits per heavy atom. The van der Waals surface area contributed by atoms with E-state index in [0.717, 1.165) is 36.9 Å². The van der Waals surface area contributed by atoms with Crippen LogP contribution in [-0.2, 0) is 5.75 Å². The molecule has 0 aliphatic rings. The Balaban J connectivity index is 0.00000361. The molecule has 0 amide bonds. The minimum atomic E-state index is -0.125. The van der Waals surface area contributed by atoms with E-state index in [9.17, 15) is 4.39 Å². The number of nitrogens with zero attached hydrogens (tertiary/aromatic N) is 1. The predicted molar refractivity (Wildman–Crippen MR) is 97.6 cm³/mol. The number of hydrogen-bond acceptors (Lipinski definition) is 2.